The molecule has 0 aliphatic heterocycles. The Hall–Kier alpha value is -1.90. The highest BCUT2D eigenvalue weighted by atomic mass is 16.1. The maximum absolute atomic E-state index is 12.5. The molecule has 0 aliphatic rings. The molecule has 1 aromatic carbocycles. The van der Waals surface area contributed by atoms with Crippen LogP contribution in [-0.4, -0.2) is 15.6 Å². The highest BCUT2D eigenvalue weighted by Crippen LogP contribution is 2.28. The highest BCUT2D eigenvalue weighted by molar-refractivity contribution is 5.95. The van der Waals surface area contributed by atoms with Crippen LogP contribution in [0.25, 0.3) is 0 Å². The van der Waals surface area contributed by atoms with Crippen molar-refractivity contribution in [2.24, 2.45) is 0 Å². The summed E-state index contributed by atoms with van der Waals surface area (Å²) in [5.74, 6) is 0.0923. The number of Topliss-reactive ketones (excluding diaryl/α,β-unsaturated/α-hetero) is 1. The van der Waals surface area contributed by atoms with Crippen molar-refractivity contribution in [3.8, 4) is 0 Å². The quantitative estimate of drug-likeness (QED) is 0.789. The Bertz CT molecular complexity index is 655. The molecule has 0 N–H and O–H groups in total. The van der Waals surface area contributed by atoms with Crippen LogP contribution in [0.1, 0.15) is 63.3 Å². The molecule has 1 heterocycles. The number of rotatable bonds is 3. The van der Waals surface area contributed by atoms with E-state index in [0.717, 1.165) is 17.0 Å². The number of aromatic nitrogens is 2. The first-order valence-corrected chi connectivity index (χ1v) is 7.76. The minimum absolute atomic E-state index is 0.0267. The molecular weight excluding hydrogens is 272 g/mol. The standard InChI is InChI=1S/C19H26N2O/c1-18(2,3)16-12-17(19(4,5)6)21(20-16)13-15(22)14-10-8-7-9-11-14/h7-12H,13H2,1-6H3. The van der Waals surface area contributed by atoms with Crippen LogP contribution in [0.4, 0.5) is 0 Å². The van der Waals surface area contributed by atoms with Gasteiger partial charge in [0, 0.05) is 22.1 Å². The zero-order chi connectivity index (χ0) is 16.5. The Morgan fingerprint density at radius 3 is 2.09 bits per heavy atom. The van der Waals surface area contributed by atoms with E-state index in [9.17, 15) is 4.79 Å². The average Bonchev–Trinajstić information content (AvgIpc) is 2.83. The van der Waals surface area contributed by atoms with Gasteiger partial charge in [0.25, 0.3) is 0 Å². The lowest BCUT2D eigenvalue weighted by molar-refractivity contribution is 0.0965. The molecule has 1 aromatic heterocycles. The van der Waals surface area contributed by atoms with Crippen molar-refractivity contribution in [1.29, 1.82) is 0 Å². The third kappa shape index (κ3) is 3.65. The Morgan fingerprint density at radius 1 is 1.00 bits per heavy atom. The van der Waals surface area contributed by atoms with Crippen LogP contribution in [0.15, 0.2) is 36.4 Å². The van der Waals surface area contributed by atoms with Crippen molar-refractivity contribution < 1.29 is 4.79 Å². The number of carbonyl (C=O) groups is 1. The molecule has 0 amide bonds. The van der Waals surface area contributed by atoms with Gasteiger partial charge in [-0.3, -0.25) is 9.48 Å². The lowest BCUT2D eigenvalue weighted by atomic mass is 9.88. The first-order chi connectivity index (χ1) is 10.1. The minimum atomic E-state index is -0.0481. The summed E-state index contributed by atoms with van der Waals surface area (Å²) in [6, 6.07) is 11.5. The molecule has 22 heavy (non-hydrogen) atoms. The fourth-order valence-corrected chi connectivity index (χ4v) is 2.36. The Balaban J connectivity index is 2.38. The van der Waals surface area contributed by atoms with Crippen LogP contribution in [0, 0.1) is 0 Å². The smallest absolute Gasteiger partial charge is 0.184 e. The SMILES string of the molecule is CC(C)(C)c1cc(C(C)(C)C)n(CC(=O)c2ccccc2)n1. The van der Waals surface area contributed by atoms with E-state index in [2.05, 4.69) is 47.6 Å². The normalized spacial score (nSPS) is 12.5. The van der Waals surface area contributed by atoms with Gasteiger partial charge in [-0.15, -0.1) is 0 Å². The minimum Gasteiger partial charge on any atom is -0.292 e. The summed E-state index contributed by atoms with van der Waals surface area (Å²) in [6.07, 6.45) is 0. The van der Waals surface area contributed by atoms with Gasteiger partial charge < -0.3 is 0 Å². The van der Waals surface area contributed by atoms with E-state index in [-0.39, 0.29) is 23.2 Å². The third-order valence-corrected chi connectivity index (χ3v) is 3.71. The second-order valence-electron chi connectivity index (χ2n) is 7.86. The topological polar surface area (TPSA) is 34.9 Å². The third-order valence-electron chi connectivity index (χ3n) is 3.71. The van der Waals surface area contributed by atoms with Crippen LogP contribution < -0.4 is 0 Å². The van der Waals surface area contributed by atoms with Gasteiger partial charge >= 0.3 is 0 Å². The summed E-state index contributed by atoms with van der Waals surface area (Å²) in [5.41, 5.74) is 2.78. The monoisotopic (exact) mass is 298 g/mol. The van der Waals surface area contributed by atoms with Crippen LogP contribution in [0.5, 0.6) is 0 Å². The molecule has 0 unspecified atom stereocenters. The molecular formula is C19H26N2O. The number of hydrogen-bond acceptors (Lipinski definition) is 2. The summed E-state index contributed by atoms with van der Waals surface area (Å²) in [6.45, 7) is 13.2. The number of ketones is 1. The lowest BCUT2D eigenvalue weighted by Crippen LogP contribution is -2.22. The summed E-state index contributed by atoms with van der Waals surface area (Å²) >= 11 is 0. The summed E-state index contributed by atoms with van der Waals surface area (Å²) in [4.78, 5) is 12.5. The Morgan fingerprint density at radius 2 is 1.59 bits per heavy atom. The molecule has 0 aliphatic carbocycles. The van der Waals surface area contributed by atoms with Gasteiger partial charge in [-0.2, -0.15) is 5.10 Å². The Labute approximate surface area is 133 Å². The van der Waals surface area contributed by atoms with Gasteiger partial charge in [0.05, 0.1) is 5.69 Å². The molecule has 0 saturated carbocycles. The molecule has 0 bridgehead atoms. The first kappa shape index (κ1) is 16.5. The number of carbonyl (C=O) groups excluding carboxylic acids is 1. The zero-order valence-corrected chi connectivity index (χ0v) is 14.5. The van der Waals surface area contributed by atoms with Crippen LogP contribution in [0.3, 0.4) is 0 Å². The summed E-state index contributed by atoms with van der Waals surface area (Å²) < 4.78 is 1.87. The summed E-state index contributed by atoms with van der Waals surface area (Å²) in [7, 11) is 0. The van der Waals surface area contributed by atoms with Crippen molar-refractivity contribution in [3.05, 3.63) is 53.3 Å². The van der Waals surface area contributed by atoms with Crippen molar-refractivity contribution >= 4 is 5.78 Å². The lowest BCUT2D eigenvalue weighted by Gasteiger charge is -2.19. The second-order valence-corrected chi connectivity index (χ2v) is 7.86. The maximum atomic E-state index is 12.5. The van der Waals surface area contributed by atoms with E-state index in [4.69, 9.17) is 5.10 Å². The molecule has 2 rings (SSSR count). The molecule has 3 nitrogen and oxygen atoms in total. The van der Waals surface area contributed by atoms with Gasteiger partial charge in [-0.05, 0) is 6.07 Å². The van der Waals surface area contributed by atoms with Crippen molar-refractivity contribution in [2.45, 2.75) is 58.9 Å². The molecule has 3 heteroatoms. The van der Waals surface area contributed by atoms with Crippen LogP contribution in [-0.2, 0) is 17.4 Å². The molecule has 118 valence electrons. The maximum Gasteiger partial charge on any atom is 0.184 e. The van der Waals surface area contributed by atoms with Crippen LogP contribution in [0.2, 0.25) is 0 Å². The van der Waals surface area contributed by atoms with Gasteiger partial charge in [0.2, 0.25) is 0 Å². The van der Waals surface area contributed by atoms with E-state index < -0.39 is 0 Å². The number of hydrogen-bond donors (Lipinski definition) is 0. The van der Waals surface area contributed by atoms with Gasteiger partial charge in [0.15, 0.2) is 5.78 Å². The Kier molecular flexibility index (Phi) is 4.28. The second kappa shape index (κ2) is 5.71. The van der Waals surface area contributed by atoms with Gasteiger partial charge in [0.1, 0.15) is 6.54 Å². The van der Waals surface area contributed by atoms with E-state index in [1.165, 1.54) is 0 Å². The number of nitrogens with zero attached hydrogens (tertiary/aromatic N) is 2. The van der Waals surface area contributed by atoms with E-state index in [1.807, 2.05) is 35.0 Å². The number of benzene rings is 1. The van der Waals surface area contributed by atoms with Crippen molar-refractivity contribution in [3.63, 3.8) is 0 Å². The molecule has 0 radical (unpaired) electrons. The predicted molar refractivity (Wildman–Crippen MR) is 90.4 cm³/mol. The van der Waals surface area contributed by atoms with Crippen molar-refractivity contribution in [1.82, 2.24) is 9.78 Å². The zero-order valence-electron chi connectivity index (χ0n) is 14.5. The van der Waals surface area contributed by atoms with E-state index >= 15 is 0 Å². The predicted octanol–water partition coefficient (Wildman–Crippen LogP) is 4.36. The summed E-state index contributed by atoms with van der Waals surface area (Å²) in [5, 5.41) is 4.71. The van der Waals surface area contributed by atoms with Crippen molar-refractivity contribution in [2.75, 3.05) is 0 Å². The van der Waals surface area contributed by atoms with E-state index in [0.29, 0.717) is 0 Å². The highest BCUT2D eigenvalue weighted by Gasteiger charge is 2.26. The molecule has 0 spiro atoms. The molecule has 2 aromatic rings. The van der Waals surface area contributed by atoms with Crippen LogP contribution >= 0.6 is 0 Å². The van der Waals surface area contributed by atoms with Gasteiger partial charge in [-0.1, -0.05) is 71.9 Å². The molecule has 0 fully saturated rings. The average molecular weight is 298 g/mol. The first-order valence-electron chi connectivity index (χ1n) is 7.76. The molecule has 0 saturated heterocycles. The van der Waals surface area contributed by atoms with Gasteiger partial charge in [-0.25, -0.2) is 0 Å². The van der Waals surface area contributed by atoms with E-state index in [1.54, 1.807) is 0 Å². The fourth-order valence-electron chi connectivity index (χ4n) is 2.36. The molecule has 0 atom stereocenters. The fraction of sp³-hybridized carbons (Fsp3) is 0.474. The largest absolute Gasteiger partial charge is 0.292 e.